The molecule has 0 bridgehead atoms. The van der Waals surface area contributed by atoms with Gasteiger partial charge in [0.05, 0.1) is 11.4 Å². The Morgan fingerprint density at radius 1 is 1.03 bits per heavy atom. The number of aryl methyl sites for hydroxylation is 2. The van der Waals surface area contributed by atoms with Crippen molar-refractivity contribution < 1.29 is 10.2 Å². The van der Waals surface area contributed by atoms with Gasteiger partial charge in [0.1, 0.15) is 11.5 Å². The van der Waals surface area contributed by atoms with E-state index in [9.17, 15) is 10.2 Å². The standard InChI is InChI=1S/C25H25N3O2/c1-15-16(2)28-11-10-21-23(20-9-8-19(29)13-22(20)30)18(12-17-6-4-3-5-7-17)14-26-24(21)25(28)27-15/h3-11,13,18,23,26,29-30H,12,14H2,1-2H3. The predicted molar refractivity (Wildman–Crippen MR) is 118 cm³/mol. The number of anilines is 1. The van der Waals surface area contributed by atoms with E-state index in [2.05, 4.69) is 53.2 Å². The van der Waals surface area contributed by atoms with Crippen LogP contribution in [0.2, 0.25) is 0 Å². The first-order chi connectivity index (χ1) is 14.5. The second-order valence-corrected chi connectivity index (χ2v) is 8.17. The summed E-state index contributed by atoms with van der Waals surface area (Å²) in [6, 6.07) is 17.5. The summed E-state index contributed by atoms with van der Waals surface area (Å²) >= 11 is 0. The number of aromatic nitrogens is 2. The van der Waals surface area contributed by atoms with E-state index in [-0.39, 0.29) is 23.3 Å². The van der Waals surface area contributed by atoms with Gasteiger partial charge in [0, 0.05) is 36.0 Å². The molecular weight excluding hydrogens is 374 g/mol. The molecule has 0 aliphatic carbocycles. The third-order valence-corrected chi connectivity index (χ3v) is 6.34. The number of nitrogens with zero attached hydrogens (tertiary/aromatic N) is 2. The van der Waals surface area contributed by atoms with Crippen molar-refractivity contribution in [3.05, 3.63) is 88.9 Å². The highest BCUT2D eigenvalue weighted by molar-refractivity contribution is 5.76. The van der Waals surface area contributed by atoms with Crippen LogP contribution in [0.25, 0.3) is 5.65 Å². The Labute approximate surface area is 175 Å². The van der Waals surface area contributed by atoms with Crippen LogP contribution < -0.4 is 5.32 Å². The highest BCUT2D eigenvalue weighted by atomic mass is 16.3. The van der Waals surface area contributed by atoms with E-state index >= 15 is 0 Å². The molecule has 3 N–H and O–H groups in total. The zero-order valence-electron chi connectivity index (χ0n) is 17.1. The van der Waals surface area contributed by atoms with E-state index in [0.717, 1.165) is 46.8 Å². The Bertz CT molecular complexity index is 1230. The predicted octanol–water partition coefficient (Wildman–Crippen LogP) is 4.78. The number of rotatable bonds is 3. The molecule has 30 heavy (non-hydrogen) atoms. The van der Waals surface area contributed by atoms with Gasteiger partial charge in [-0.3, -0.25) is 0 Å². The molecule has 0 fully saturated rings. The Kier molecular flexibility index (Phi) is 4.39. The van der Waals surface area contributed by atoms with Crippen LogP contribution in [-0.2, 0) is 6.42 Å². The molecule has 3 heterocycles. The molecule has 5 rings (SSSR count). The number of fused-ring (bicyclic) bond motifs is 3. The minimum Gasteiger partial charge on any atom is -0.508 e. The van der Waals surface area contributed by atoms with Crippen LogP contribution in [-0.4, -0.2) is 26.1 Å². The molecule has 2 aromatic heterocycles. The Hall–Kier alpha value is -3.47. The van der Waals surface area contributed by atoms with Crippen molar-refractivity contribution in [2.24, 2.45) is 5.92 Å². The zero-order chi connectivity index (χ0) is 20.8. The maximum absolute atomic E-state index is 10.7. The van der Waals surface area contributed by atoms with E-state index < -0.39 is 0 Å². The van der Waals surface area contributed by atoms with Crippen LogP contribution in [0.3, 0.4) is 0 Å². The second-order valence-electron chi connectivity index (χ2n) is 8.17. The lowest BCUT2D eigenvalue weighted by Gasteiger charge is -2.35. The first kappa shape index (κ1) is 18.6. The van der Waals surface area contributed by atoms with Gasteiger partial charge < -0.3 is 19.9 Å². The van der Waals surface area contributed by atoms with Crippen molar-refractivity contribution in [1.29, 1.82) is 0 Å². The van der Waals surface area contributed by atoms with Crippen molar-refractivity contribution in [2.45, 2.75) is 26.2 Å². The lowest BCUT2D eigenvalue weighted by Crippen LogP contribution is -2.30. The summed E-state index contributed by atoms with van der Waals surface area (Å²) in [6.45, 7) is 4.88. The lowest BCUT2D eigenvalue weighted by molar-refractivity contribution is 0.422. The van der Waals surface area contributed by atoms with Gasteiger partial charge in [-0.15, -0.1) is 0 Å². The van der Waals surface area contributed by atoms with E-state index in [0.29, 0.717) is 0 Å². The summed E-state index contributed by atoms with van der Waals surface area (Å²) in [5.74, 6) is 0.431. The molecule has 0 radical (unpaired) electrons. The quantitative estimate of drug-likeness (QED) is 0.464. The summed E-state index contributed by atoms with van der Waals surface area (Å²) < 4.78 is 2.12. The van der Waals surface area contributed by atoms with Crippen molar-refractivity contribution in [2.75, 3.05) is 11.9 Å². The fourth-order valence-corrected chi connectivity index (χ4v) is 4.72. The number of benzene rings is 2. The van der Waals surface area contributed by atoms with Crippen LogP contribution in [0.4, 0.5) is 5.69 Å². The van der Waals surface area contributed by atoms with Crippen LogP contribution in [0.15, 0.2) is 60.8 Å². The molecule has 1 aliphatic rings. The van der Waals surface area contributed by atoms with Gasteiger partial charge in [-0.2, -0.15) is 0 Å². The molecule has 0 saturated heterocycles. The molecule has 0 amide bonds. The number of imidazole rings is 1. The van der Waals surface area contributed by atoms with Gasteiger partial charge in [-0.05, 0) is 49.4 Å². The fraction of sp³-hybridized carbons (Fsp3) is 0.240. The zero-order valence-corrected chi connectivity index (χ0v) is 17.1. The molecule has 0 spiro atoms. The topological polar surface area (TPSA) is 69.8 Å². The Morgan fingerprint density at radius 2 is 1.83 bits per heavy atom. The Morgan fingerprint density at radius 3 is 2.60 bits per heavy atom. The molecule has 152 valence electrons. The van der Waals surface area contributed by atoms with Gasteiger partial charge in [0.25, 0.3) is 0 Å². The van der Waals surface area contributed by atoms with Gasteiger partial charge in [-0.25, -0.2) is 4.98 Å². The highest BCUT2D eigenvalue weighted by Crippen LogP contribution is 2.46. The van der Waals surface area contributed by atoms with Crippen molar-refractivity contribution in [3.63, 3.8) is 0 Å². The molecule has 1 aliphatic heterocycles. The minimum atomic E-state index is -0.00984. The van der Waals surface area contributed by atoms with Gasteiger partial charge in [0.15, 0.2) is 5.65 Å². The monoisotopic (exact) mass is 399 g/mol. The first-order valence-corrected chi connectivity index (χ1v) is 10.3. The van der Waals surface area contributed by atoms with Crippen LogP contribution in [0.5, 0.6) is 11.5 Å². The molecule has 2 unspecified atom stereocenters. The number of phenols is 2. The van der Waals surface area contributed by atoms with Crippen LogP contribution in [0, 0.1) is 19.8 Å². The van der Waals surface area contributed by atoms with Crippen LogP contribution in [0.1, 0.15) is 34.0 Å². The van der Waals surface area contributed by atoms with E-state index in [1.54, 1.807) is 6.07 Å². The van der Waals surface area contributed by atoms with E-state index in [1.807, 2.05) is 19.1 Å². The smallest absolute Gasteiger partial charge is 0.161 e. The third kappa shape index (κ3) is 2.98. The largest absolute Gasteiger partial charge is 0.508 e. The minimum absolute atomic E-state index is 0.00984. The maximum atomic E-state index is 10.7. The summed E-state index contributed by atoms with van der Waals surface area (Å²) in [7, 11) is 0. The van der Waals surface area contributed by atoms with Crippen LogP contribution >= 0.6 is 0 Å². The summed E-state index contributed by atoms with van der Waals surface area (Å²) in [5, 5.41) is 24.2. The molecule has 5 nitrogen and oxygen atoms in total. The Balaban J connectivity index is 1.68. The number of nitrogens with one attached hydrogen (secondary N) is 1. The summed E-state index contributed by atoms with van der Waals surface area (Å²) in [5.41, 5.74) is 7.32. The summed E-state index contributed by atoms with van der Waals surface area (Å²) in [4.78, 5) is 4.80. The van der Waals surface area contributed by atoms with Gasteiger partial charge in [0.2, 0.25) is 0 Å². The van der Waals surface area contributed by atoms with E-state index in [4.69, 9.17) is 4.98 Å². The normalized spacial score (nSPS) is 18.2. The molecular formula is C25H25N3O2. The van der Waals surface area contributed by atoms with Gasteiger partial charge in [-0.1, -0.05) is 36.4 Å². The van der Waals surface area contributed by atoms with Crippen molar-refractivity contribution in [1.82, 2.24) is 9.38 Å². The van der Waals surface area contributed by atoms with E-state index in [1.165, 1.54) is 11.6 Å². The van der Waals surface area contributed by atoms with Gasteiger partial charge >= 0.3 is 0 Å². The van der Waals surface area contributed by atoms with Crippen molar-refractivity contribution in [3.8, 4) is 11.5 Å². The third-order valence-electron chi connectivity index (χ3n) is 6.34. The van der Waals surface area contributed by atoms with Crippen molar-refractivity contribution >= 4 is 11.3 Å². The average Bonchev–Trinajstić information content (AvgIpc) is 3.03. The first-order valence-electron chi connectivity index (χ1n) is 10.3. The average molecular weight is 399 g/mol. The number of phenolic OH excluding ortho intramolecular Hbond substituents is 2. The number of hydrogen-bond donors (Lipinski definition) is 3. The maximum Gasteiger partial charge on any atom is 0.161 e. The number of hydrogen-bond acceptors (Lipinski definition) is 4. The number of aromatic hydroxyl groups is 2. The molecule has 5 heteroatoms. The number of pyridine rings is 1. The summed E-state index contributed by atoms with van der Waals surface area (Å²) in [6.07, 6.45) is 2.95. The highest BCUT2D eigenvalue weighted by Gasteiger charge is 2.34. The SMILES string of the molecule is Cc1nc2c3c(ccn2c1C)C(c1ccc(O)cc1O)C(Cc1ccccc1)CN3. The molecule has 2 atom stereocenters. The molecule has 4 aromatic rings. The lowest BCUT2D eigenvalue weighted by atomic mass is 9.75. The molecule has 2 aromatic carbocycles. The second kappa shape index (κ2) is 7.10. The fourth-order valence-electron chi connectivity index (χ4n) is 4.72. The molecule has 0 saturated carbocycles.